The molecule has 1 aliphatic carbocycles. The van der Waals surface area contributed by atoms with Gasteiger partial charge in [-0.3, -0.25) is 0 Å². The molecule has 0 atom stereocenters. The first kappa shape index (κ1) is 12.5. The normalized spacial score (nSPS) is 18.8. The van der Waals surface area contributed by atoms with E-state index in [-0.39, 0.29) is 0 Å². The fourth-order valence-electron chi connectivity index (χ4n) is 2.64. The van der Waals surface area contributed by atoms with Crippen molar-refractivity contribution >= 4 is 0 Å². The van der Waals surface area contributed by atoms with Crippen molar-refractivity contribution in [2.45, 2.75) is 37.8 Å². The topological polar surface area (TPSA) is 41.0 Å². The highest BCUT2D eigenvalue weighted by Gasteiger charge is 2.35. The number of hydrogen-bond donors (Lipinski definition) is 1. The Morgan fingerprint density at radius 1 is 1.24 bits per heavy atom. The van der Waals surface area contributed by atoms with Crippen molar-refractivity contribution in [3.05, 3.63) is 24.3 Å². The third-order valence-electron chi connectivity index (χ3n) is 3.84. The molecule has 0 radical (unpaired) electrons. The lowest BCUT2D eigenvalue weighted by Crippen LogP contribution is -2.49. The summed E-state index contributed by atoms with van der Waals surface area (Å²) in [7, 11) is 4.37. The highest BCUT2D eigenvalue weighted by molar-refractivity contribution is 4.95. The Morgan fingerprint density at radius 3 is 2.47 bits per heavy atom. The van der Waals surface area contributed by atoms with Crippen LogP contribution >= 0.6 is 0 Å². The van der Waals surface area contributed by atoms with E-state index in [9.17, 15) is 0 Å². The smallest absolute Gasteiger partial charge is 0.141 e. The first-order valence-corrected chi connectivity index (χ1v) is 6.37. The van der Waals surface area contributed by atoms with Crippen LogP contribution in [0, 0.1) is 0 Å². The summed E-state index contributed by atoms with van der Waals surface area (Å²) in [6.45, 7) is 1.79. The molecule has 1 heterocycles. The summed E-state index contributed by atoms with van der Waals surface area (Å²) in [5.74, 6) is 0.874. The van der Waals surface area contributed by atoms with Gasteiger partial charge in [0.2, 0.25) is 0 Å². The second kappa shape index (κ2) is 5.56. The van der Waals surface area contributed by atoms with Crippen LogP contribution in [-0.4, -0.2) is 41.0 Å². The van der Waals surface area contributed by atoms with Crippen LogP contribution in [0.4, 0.5) is 0 Å². The molecule has 94 valence electrons. The van der Waals surface area contributed by atoms with E-state index >= 15 is 0 Å². The number of hydrogen-bond acceptors (Lipinski definition) is 4. The van der Waals surface area contributed by atoms with Crippen LogP contribution in [0.2, 0.25) is 0 Å². The second-order valence-corrected chi connectivity index (χ2v) is 5.09. The molecule has 0 bridgehead atoms. The monoisotopic (exact) mass is 234 g/mol. The van der Waals surface area contributed by atoms with Crippen LogP contribution in [0.3, 0.4) is 0 Å². The van der Waals surface area contributed by atoms with Crippen LogP contribution in [0.25, 0.3) is 0 Å². The summed E-state index contributed by atoms with van der Waals surface area (Å²) < 4.78 is 0. The van der Waals surface area contributed by atoms with E-state index < -0.39 is 0 Å². The zero-order chi connectivity index (χ0) is 12.1. The average molecular weight is 234 g/mol. The van der Waals surface area contributed by atoms with Crippen LogP contribution in [-0.2, 0) is 6.54 Å². The summed E-state index contributed by atoms with van der Waals surface area (Å²) in [5, 5.41) is 3.50. The highest BCUT2D eigenvalue weighted by atomic mass is 15.2. The SMILES string of the molecule is CN(C)C1(CNCc2ncccn2)CCCC1. The standard InChI is InChI=1S/C13H22N4/c1-17(2)13(6-3-4-7-13)11-14-10-12-15-8-5-9-16-12/h5,8-9,14H,3-4,6-7,10-11H2,1-2H3. The number of rotatable bonds is 5. The number of aromatic nitrogens is 2. The molecule has 1 aromatic rings. The van der Waals surface area contributed by atoms with Gasteiger partial charge in [0.25, 0.3) is 0 Å². The van der Waals surface area contributed by atoms with Gasteiger partial charge in [-0.1, -0.05) is 12.8 Å². The van der Waals surface area contributed by atoms with Crippen LogP contribution in [0.5, 0.6) is 0 Å². The summed E-state index contributed by atoms with van der Waals surface area (Å²) in [6.07, 6.45) is 8.87. The summed E-state index contributed by atoms with van der Waals surface area (Å²) in [4.78, 5) is 10.8. The molecule has 0 aliphatic heterocycles. The van der Waals surface area contributed by atoms with Crippen LogP contribution < -0.4 is 5.32 Å². The molecule has 1 saturated carbocycles. The van der Waals surface area contributed by atoms with E-state index in [1.165, 1.54) is 25.7 Å². The molecule has 1 N–H and O–H groups in total. The minimum Gasteiger partial charge on any atom is -0.308 e. The quantitative estimate of drug-likeness (QED) is 0.837. The average Bonchev–Trinajstić information content (AvgIpc) is 2.80. The van der Waals surface area contributed by atoms with Gasteiger partial charge in [-0.05, 0) is 33.0 Å². The minimum absolute atomic E-state index is 0.342. The molecule has 2 rings (SSSR count). The zero-order valence-corrected chi connectivity index (χ0v) is 10.8. The van der Waals surface area contributed by atoms with E-state index in [1.807, 2.05) is 6.07 Å². The lowest BCUT2D eigenvalue weighted by atomic mass is 9.96. The van der Waals surface area contributed by atoms with Crippen molar-refractivity contribution in [1.82, 2.24) is 20.2 Å². The molecule has 4 heteroatoms. The summed E-state index contributed by atoms with van der Waals surface area (Å²) >= 11 is 0. The second-order valence-electron chi connectivity index (χ2n) is 5.09. The Hall–Kier alpha value is -1.00. The van der Waals surface area contributed by atoms with Gasteiger partial charge in [0, 0.05) is 24.5 Å². The fraction of sp³-hybridized carbons (Fsp3) is 0.692. The lowest BCUT2D eigenvalue weighted by molar-refractivity contribution is 0.153. The number of nitrogens with zero attached hydrogens (tertiary/aromatic N) is 3. The number of nitrogens with one attached hydrogen (secondary N) is 1. The van der Waals surface area contributed by atoms with Crippen molar-refractivity contribution in [3.63, 3.8) is 0 Å². The van der Waals surface area contributed by atoms with Crippen molar-refractivity contribution < 1.29 is 0 Å². The molecular weight excluding hydrogens is 212 g/mol. The maximum absolute atomic E-state index is 4.22. The van der Waals surface area contributed by atoms with E-state index in [2.05, 4.69) is 34.3 Å². The third kappa shape index (κ3) is 3.01. The van der Waals surface area contributed by atoms with Gasteiger partial charge in [0.05, 0.1) is 6.54 Å². The Bertz CT molecular complexity index is 331. The van der Waals surface area contributed by atoms with Crippen molar-refractivity contribution in [1.29, 1.82) is 0 Å². The van der Waals surface area contributed by atoms with Gasteiger partial charge >= 0.3 is 0 Å². The zero-order valence-electron chi connectivity index (χ0n) is 10.8. The van der Waals surface area contributed by atoms with E-state index in [0.717, 1.165) is 18.9 Å². The maximum Gasteiger partial charge on any atom is 0.141 e. The Morgan fingerprint density at radius 2 is 1.88 bits per heavy atom. The molecule has 4 nitrogen and oxygen atoms in total. The highest BCUT2D eigenvalue weighted by Crippen LogP contribution is 2.33. The molecule has 0 saturated heterocycles. The Balaban J connectivity index is 1.84. The van der Waals surface area contributed by atoms with Gasteiger partial charge in [0.15, 0.2) is 0 Å². The summed E-state index contributed by atoms with van der Waals surface area (Å²) in [5.41, 5.74) is 0.342. The third-order valence-corrected chi connectivity index (χ3v) is 3.84. The first-order valence-electron chi connectivity index (χ1n) is 6.37. The molecule has 1 fully saturated rings. The molecule has 17 heavy (non-hydrogen) atoms. The molecular formula is C13H22N4. The minimum atomic E-state index is 0.342. The summed E-state index contributed by atoms with van der Waals surface area (Å²) in [6, 6.07) is 1.85. The van der Waals surface area contributed by atoms with Gasteiger partial charge in [-0.25, -0.2) is 9.97 Å². The first-order chi connectivity index (χ1) is 8.23. The van der Waals surface area contributed by atoms with E-state index in [0.29, 0.717) is 5.54 Å². The van der Waals surface area contributed by atoms with E-state index in [1.54, 1.807) is 12.4 Å². The molecule has 1 aromatic heterocycles. The van der Waals surface area contributed by atoms with Gasteiger partial charge < -0.3 is 10.2 Å². The van der Waals surface area contributed by atoms with Crippen molar-refractivity contribution in [2.24, 2.45) is 0 Å². The Kier molecular flexibility index (Phi) is 4.07. The van der Waals surface area contributed by atoms with Gasteiger partial charge in [-0.15, -0.1) is 0 Å². The van der Waals surface area contributed by atoms with Crippen LogP contribution in [0.15, 0.2) is 18.5 Å². The van der Waals surface area contributed by atoms with Gasteiger partial charge in [0.1, 0.15) is 5.82 Å². The Labute approximate surface area is 103 Å². The van der Waals surface area contributed by atoms with Crippen LogP contribution in [0.1, 0.15) is 31.5 Å². The van der Waals surface area contributed by atoms with Gasteiger partial charge in [-0.2, -0.15) is 0 Å². The van der Waals surface area contributed by atoms with Crippen molar-refractivity contribution in [3.8, 4) is 0 Å². The predicted octanol–water partition coefficient (Wildman–Crippen LogP) is 1.44. The molecule has 0 spiro atoms. The molecule has 0 unspecified atom stereocenters. The maximum atomic E-state index is 4.22. The molecule has 0 amide bonds. The van der Waals surface area contributed by atoms with E-state index in [4.69, 9.17) is 0 Å². The molecule has 1 aliphatic rings. The number of likely N-dealkylation sites (N-methyl/N-ethyl adjacent to an activating group) is 1. The van der Waals surface area contributed by atoms with Crippen molar-refractivity contribution in [2.75, 3.05) is 20.6 Å². The lowest BCUT2D eigenvalue weighted by Gasteiger charge is -2.36. The predicted molar refractivity (Wildman–Crippen MR) is 68.6 cm³/mol. The molecule has 0 aromatic carbocycles. The fourth-order valence-corrected chi connectivity index (χ4v) is 2.64. The largest absolute Gasteiger partial charge is 0.308 e.